The van der Waals surface area contributed by atoms with Crippen LogP contribution in [0.3, 0.4) is 0 Å². The number of hydrogen-bond donors (Lipinski definition) is 1. The third-order valence-electron chi connectivity index (χ3n) is 6.12. The van der Waals surface area contributed by atoms with Crippen LogP contribution in [-0.2, 0) is 26.3 Å². The van der Waals surface area contributed by atoms with Crippen molar-refractivity contribution in [3.8, 4) is 0 Å². The van der Waals surface area contributed by atoms with Crippen molar-refractivity contribution in [3.63, 3.8) is 0 Å². The second kappa shape index (κ2) is 12.9. The van der Waals surface area contributed by atoms with E-state index in [0.29, 0.717) is 12.2 Å². The van der Waals surface area contributed by atoms with Gasteiger partial charge in [0, 0.05) is 27.2 Å². The molecule has 0 aromatic heterocycles. The van der Waals surface area contributed by atoms with Crippen molar-refractivity contribution < 1.29 is 18.0 Å². The fourth-order valence-corrected chi connectivity index (χ4v) is 4.81. The van der Waals surface area contributed by atoms with Crippen LogP contribution in [0.25, 0.3) is 0 Å². The Morgan fingerprint density at radius 1 is 0.972 bits per heavy atom. The van der Waals surface area contributed by atoms with Crippen LogP contribution in [0.4, 0.5) is 5.69 Å². The molecule has 2 amide bonds. The number of unbranched alkanes of at least 4 members (excludes halogenated alkanes) is 1. The zero-order valence-electron chi connectivity index (χ0n) is 22.5. The molecular weight excluding hydrogens is 476 g/mol. The van der Waals surface area contributed by atoms with Crippen LogP contribution in [0.1, 0.15) is 48.9 Å². The molecule has 198 valence electrons. The Morgan fingerprint density at radius 2 is 1.58 bits per heavy atom. The highest BCUT2D eigenvalue weighted by Crippen LogP contribution is 2.26. The lowest BCUT2D eigenvalue weighted by atomic mass is 10.1. The van der Waals surface area contributed by atoms with Crippen molar-refractivity contribution in [2.24, 2.45) is 0 Å². The molecule has 9 heteroatoms. The Balaban J connectivity index is 2.46. The molecule has 0 aliphatic rings. The SMILES string of the molecule is CCCCNC(=O)[C@H](C)N(Cc1ccc(C)cc1)C(=O)CN(c1cc(C)ccc1C)S(=O)(=O)N(C)C. The van der Waals surface area contributed by atoms with Crippen LogP contribution in [0, 0.1) is 20.8 Å². The number of amides is 2. The summed E-state index contributed by atoms with van der Waals surface area (Å²) < 4.78 is 28.9. The van der Waals surface area contributed by atoms with Gasteiger partial charge < -0.3 is 10.2 Å². The van der Waals surface area contributed by atoms with Crippen LogP contribution in [0.15, 0.2) is 42.5 Å². The molecule has 0 saturated heterocycles. The highest BCUT2D eigenvalue weighted by molar-refractivity contribution is 7.90. The summed E-state index contributed by atoms with van der Waals surface area (Å²) in [5, 5.41) is 2.89. The van der Waals surface area contributed by atoms with E-state index in [0.717, 1.165) is 43.7 Å². The first-order valence-electron chi connectivity index (χ1n) is 12.3. The van der Waals surface area contributed by atoms with Crippen molar-refractivity contribution in [2.45, 2.75) is 60.0 Å². The summed E-state index contributed by atoms with van der Waals surface area (Å²) in [7, 11) is -1.11. The number of carbonyl (C=O) groups is 2. The fourth-order valence-electron chi connectivity index (χ4n) is 3.70. The summed E-state index contributed by atoms with van der Waals surface area (Å²) >= 11 is 0. The highest BCUT2D eigenvalue weighted by Gasteiger charge is 2.33. The number of nitrogens with zero attached hydrogens (tertiary/aromatic N) is 3. The van der Waals surface area contributed by atoms with E-state index >= 15 is 0 Å². The monoisotopic (exact) mass is 516 g/mol. The second-order valence-corrected chi connectivity index (χ2v) is 11.5. The maximum absolute atomic E-state index is 13.8. The number of hydrogen-bond acceptors (Lipinski definition) is 4. The molecule has 0 spiro atoms. The molecule has 0 heterocycles. The lowest BCUT2D eigenvalue weighted by molar-refractivity contribution is -0.139. The van der Waals surface area contributed by atoms with E-state index in [9.17, 15) is 18.0 Å². The van der Waals surface area contributed by atoms with Gasteiger partial charge in [-0.05, 0) is 56.9 Å². The van der Waals surface area contributed by atoms with E-state index in [2.05, 4.69) is 5.32 Å². The second-order valence-electron chi connectivity index (χ2n) is 9.41. The number of rotatable bonds is 12. The summed E-state index contributed by atoms with van der Waals surface area (Å²) in [6.07, 6.45) is 1.78. The number of carbonyl (C=O) groups excluding carboxylic acids is 2. The molecule has 1 atom stereocenters. The number of aryl methyl sites for hydroxylation is 3. The average Bonchev–Trinajstić information content (AvgIpc) is 2.83. The van der Waals surface area contributed by atoms with Gasteiger partial charge in [0.05, 0.1) is 5.69 Å². The smallest absolute Gasteiger partial charge is 0.304 e. The van der Waals surface area contributed by atoms with Crippen molar-refractivity contribution in [1.82, 2.24) is 14.5 Å². The van der Waals surface area contributed by atoms with Gasteiger partial charge in [0.25, 0.3) is 0 Å². The van der Waals surface area contributed by atoms with Gasteiger partial charge in [-0.3, -0.25) is 9.59 Å². The van der Waals surface area contributed by atoms with Crippen LogP contribution in [0.2, 0.25) is 0 Å². The van der Waals surface area contributed by atoms with Gasteiger partial charge in [-0.25, -0.2) is 4.31 Å². The summed E-state index contributed by atoms with van der Waals surface area (Å²) in [4.78, 5) is 28.1. The number of anilines is 1. The van der Waals surface area contributed by atoms with Gasteiger partial charge in [0.2, 0.25) is 11.8 Å². The molecule has 0 bridgehead atoms. The van der Waals surface area contributed by atoms with E-state index in [-0.39, 0.29) is 12.5 Å². The minimum absolute atomic E-state index is 0.185. The van der Waals surface area contributed by atoms with Crippen LogP contribution >= 0.6 is 0 Å². The van der Waals surface area contributed by atoms with Gasteiger partial charge in [-0.15, -0.1) is 0 Å². The van der Waals surface area contributed by atoms with Crippen molar-refractivity contribution in [1.29, 1.82) is 0 Å². The minimum Gasteiger partial charge on any atom is -0.354 e. The molecule has 1 N–H and O–H groups in total. The first-order valence-corrected chi connectivity index (χ1v) is 13.7. The number of benzene rings is 2. The molecule has 0 aliphatic heterocycles. The first kappa shape index (κ1) is 29.3. The topological polar surface area (TPSA) is 90.0 Å². The molecule has 36 heavy (non-hydrogen) atoms. The molecule has 0 saturated carbocycles. The van der Waals surface area contributed by atoms with Gasteiger partial charge >= 0.3 is 10.2 Å². The average molecular weight is 517 g/mol. The fraction of sp³-hybridized carbons (Fsp3) is 0.481. The molecule has 0 radical (unpaired) electrons. The van der Waals surface area contributed by atoms with E-state index < -0.39 is 28.7 Å². The predicted molar refractivity (Wildman–Crippen MR) is 145 cm³/mol. The summed E-state index contributed by atoms with van der Waals surface area (Å²) in [6, 6.07) is 12.4. The Bertz CT molecular complexity index is 1150. The summed E-state index contributed by atoms with van der Waals surface area (Å²) in [6.45, 7) is 9.66. The molecule has 2 aromatic carbocycles. The van der Waals surface area contributed by atoms with Crippen LogP contribution < -0.4 is 9.62 Å². The van der Waals surface area contributed by atoms with Crippen molar-refractivity contribution in [3.05, 3.63) is 64.7 Å². The molecule has 2 rings (SSSR count). The molecular formula is C27H40N4O4S. The largest absolute Gasteiger partial charge is 0.354 e. The molecule has 2 aromatic rings. The highest BCUT2D eigenvalue weighted by atomic mass is 32.2. The van der Waals surface area contributed by atoms with Gasteiger partial charge in [-0.1, -0.05) is 55.3 Å². The Morgan fingerprint density at radius 3 is 2.17 bits per heavy atom. The predicted octanol–water partition coefficient (Wildman–Crippen LogP) is 3.56. The maximum atomic E-state index is 13.8. The lowest BCUT2D eigenvalue weighted by Crippen LogP contribution is -2.52. The minimum atomic E-state index is -3.98. The maximum Gasteiger partial charge on any atom is 0.304 e. The van der Waals surface area contributed by atoms with E-state index in [1.165, 1.54) is 19.0 Å². The third-order valence-corrected chi connectivity index (χ3v) is 7.93. The Hall–Kier alpha value is -2.91. The summed E-state index contributed by atoms with van der Waals surface area (Å²) in [5.74, 6) is -0.724. The Labute approximate surface area is 216 Å². The van der Waals surface area contributed by atoms with E-state index in [4.69, 9.17) is 0 Å². The van der Waals surface area contributed by atoms with Gasteiger partial charge in [0.15, 0.2) is 0 Å². The Kier molecular flexibility index (Phi) is 10.5. The molecule has 0 aliphatic carbocycles. The molecule has 8 nitrogen and oxygen atoms in total. The number of nitrogens with one attached hydrogen (secondary N) is 1. The quantitative estimate of drug-likeness (QED) is 0.437. The van der Waals surface area contributed by atoms with E-state index in [1.54, 1.807) is 13.0 Å². The van der Waals surface area contributed by atoms with Crippen molar-refractivity contribution in [2.75, 3.05) is 31.5 Å². The summed E-state index contributed by atoms with van der Waals surface area (Å²) in [5.41, 5.74) is 3.99. The van der Waals surface area contributed by atoms with E-state index in [1.807, 2.05) is 64.1 Å². The van der Waals surface area contributed by atoms with Crippen LogP contribution in [0.5, 0.6) is 0 Å². The zero-order valence-corrected chi connectivity index (χ0v) is 23.4. The zero-order chi connectivity index (χ0) is 27.0. The van der Waals surface area contributed by atoms with Gasteiger partial charge in [-0.2, -0.15) is 12.7 Å². The lowest BCUT2D eigenvalue weighted by Gasteiger charge is -2.33. The third kappa shape index (κ3) is 7.54. The van der Waals surface area contributed by atoms with Gasteiger partial charge in [0.1, 0.15) is 12.6 Å². The molecule has 0 unspecified atom stereocenters. The van der Waals surface area contributed by atoms with Crippen LogP contribution in [-0.4, -0.2) is 62.7 Å². The first-order chi connectivity index (χ1) is 16.9. The van der Waals surface area contributed by atoms with Crippen molar-refractivity contribution >= 4 is 27.7 Å². The molecule has 0 fully saturated rings. The standard InChI is InChI=1S/C27H40N4O4S/c1-8-9-16-28-27(33)23(5)30(18-24-14-11-20(2)12-15-24)26(32)19-31(36(34,35)29(6)7)25-17-21(3)10-13-22(25)4/h10-15,17,23H,8-9,16,18-19H2,1-7H3,(H,28,33)/t23-/m0/s1. The normalized spacial score (nSPS) is 12.3.